The number of unbranched alkanes of at least 4 members (excludes halogenated alkanes) is 1. The minimum atomic E-state index is 0.0907. The number of rotatable bonds is 5. The van der Waals surface area contributed by atoms with Crippen LogP contribution in [0.3, 0.4) is 0 Å². The number of amides is 1. The number of hydrogen-bond donors (Lipinski definition) is 0. The number of fused-ring (bicyclic) bond motifs is 1. The Morgan fingerprint density at radius 2 is 2.00 bits per heavy atom. The second-order valence-electron chi connectivity index (χ2n) is 6.77. The lowest BCUT2D eigenvalue weighted by Crippen LogP contribution is -2.36. The van der Waals surface area contributed by atoms with Crippen molar-refractivity contribution >= 4 is 11.6 Å². The molecular weight excluding hydrogens is 322 g/mol. The first kappa shape index (κ1) is 16.6. The van der Waals surface area contributed by atoms with Gasteiger partial charge in [-0.15, -0.1) is 0 Å². The van der Waals surface area contributed by atoms with Gasteiger partial charge in [0.1, 0.15) is 5.65 Å². The van der Waals surface area contributed by atoms with Crippen molar-refractivity contribution in [2.75, 3.05) is 6.54 Å². The van der Waals surface area contributed by atoms with Crippen molar-refractivity contribution < 1.29 is 4.79 Å². The zero-order valence-electron chi connectivity index (χ0n) is 15.0. The van der Waals surface area contributed by atoms with Gasteiger partial charge in [-0.2, -0.15) is 0 Å². The fourth-order valence-corrected chi connectivity index (χ4v) is 3.50. The van der Waals surface area contributed by atoms with E-state index < -0.39 is 0 Å². The standard InChI is InChI=1S/C22H23N3O/c1-2-3-10-19-11-7-14-25(19)22(26)18-12-13-21-23-20(16-24(21)15-18)17-8-5-4-6-9-17/h4-9,11-13,15-16,19H,2-3,10,14H2,1H3. The molecule has 2 aromatic heterocycles. The van der Waals surface area contributed by atoms with Crippen LogP contribution in [0.4, 0.5) is 0 Å². The van der Waals surface area contributed by atoms with Gasteiger partial charge >= 0.3 is 0 Å². The van der Waals surface area contributed by atoms with Crippen LogP contribution in [-0.4, -0.2) is 32.8 Å². The van der Waals surface area contributed by atoms with Gasteiger partial charge in [0, 0.05) is 24.5 Å². The molecule has 0 saturated heterocycles. The van der Waals surface area contributed by atoms with Crippen LogP contribution in [0.15, 0.2) is 67.0 Å². The number of nitrogens with zero attached hydrogens (tertiary/aromatic N) is 3. The molecule has 0 N–H and O–H groups in total. The molecule has 0 spiro atoms. The predicted molar refractivity (Wildman–Crippen MR) is 104 cm³/mol. The van der Waals surface area contributed by atoms with Crippen molar-refractivity contribution in [2.24, 2.45) is 0 Å². The summed E-state index contributed by atoms with van der Waals surface area (Å²) in [5, 5.41) is 0. The summed E-state index contributed by atoms with van der Waals surface area (Å²) < 4.78 is 1.94. The Morgan fingerprint density at radius 3 is 2.81 bits per heavy atom. The Morgan fingerprint density at radius 1 is 1.15 bits per heavy atom. The lowest BCUT2D eigenvalue weighted by molar-refractivity contribution is 0.0743. The van der Waals surface area contributed by atoms with Crippen molar-refractivity contribution in [3.8, 4) is 11.3 Å². The summed E-state index contributed by atoms with van der Waals surface area (Å²) in [6.07, 6.45) is 11.5. The van der Waals surface area contributed by atoms with Crippen LogP contribution in [0.2, 0.25) is 0 Å². The van der Waals surface area contributed by atoms with E-state index in [-0.39, 0.29) is 11.9 Å². The molecule has 1 aliphatic rings. The van der Waals surface area contributed by atoms with Gasteiger partial charge in [0.2, 0.25) is 0 Å². The Balaban J connectivity index is 1.60. The molecule has 3 aromatic rings. The Kier molecular flexibility index (Phi) is 4.57. The van der Waals surface area contributed by atoms with Crippen LogP contribution in [0.25, 0.3) is 16.9 Å². The second-order valence-corrected chi connectivity index (χ2v) is 6.77. The maximum Gasteiger partial charge on any atom is 0.256 e. The Labute approximate surface area is 153 Å². The third kappa shape index (κ3) is 3.15. The molecule has 0 saturated carbocycles. The highest BCUT2D eigenvalue weighted by Gasteiger charge is 2.25. The molecule has 4 rings (SSSR count). The fraction of sp³-hybridized carbons (Fsp3) is 0.273. The van der Waals surface area contributed by atoms with Crippen molar-refractivity contribution in [2.45, 2.75) is 32.2 Å². The van der Waals surface area contributed by atoms with Crippen molar-refractivity contribution in [1.29, 1.82) is 0 Å². The van der Waals surface area contributed by atoms with E-state index >= 15 is 0 Å². The van der Waals surface area contributed by atoms with E-state index in [0.29, 0.717) is 12.1 Å². The topological polar surface area (TPSA) is 37.6 Å². The van der Waals surface area contributed by atoms with Crippen LogP contribution in [-0.2, 0) is 0 Å². The molecule has 26 heavy (non-hydrogen) atoms. The highest BCUT2D eigenvalue weighted by molar-refractivity contribution is 5.95. The molecule has 0 fully saturated rings. The molecule has 0 aliphatic carbocycles. The first-order valence-electron chi connectivity index (χ1n) is 9.28. The Hall–Kier alpha value is -2.88. The molecule has 1 aromatic carbocycles. The monoisotopic (exact) mass is 345 g/mol. The third-order valence-corrected chi connectivity index (χ3v) is 4.94. The van der Waals surface area contributed by atoms with Gasteiger partial charge in [-0.05, 0) is 18.6 Å². The normalized spacial score (nSPS) is 16.5. The van der Waals surface area contributed by atoms with Crippen molar-refractivity contribution in [1.82, 2.24) is 14.3 Å². The summed E-state index contributed by atoms with van der Waals surface area (Å²) >= 11 is 0. The molecule has 0 bridgehead atoms. The van der Waals surface area contributed by atoms with Gasteiger partial charge in [-0.1, -0.05) is 62.2 Å². The molecule has 4 heteroatoms. The van der Waals surface area contributed by atoms with Gasteiger partial charge in [-0.3, -0.25) is 4.79 Å². The van der Waals surface area contributed by atoms with Crippen LogP contribution in [0.1, 0.15) is 36.5 Å². The average molecular weight is 345 g/mol. The molecule has 1 atom stereocenters. The maximum absolute atomic E-state index is 13.0. The number of carbonyl (C=O) groups is 1. The summed E-state index contributed by atoms with van der Waals surface area (Å²) in [7, 11) is 0. The van der Waals surface area contributed by atoms with E-state index in [1.807, 2.05) is 64.2 Å². The first-order valence-corrected chi connectivity index (χ1v) is 9.28. The molecule has 4 nitrogen and oxygen atoms in total. The van der Waals surface area contributed by atoms with E-state index in [2.05, 4.69) is 24.1 Å². The average Bonchev–Trinajstić information content (AvgIpc) is 3.32. The van der Waals surface area contributed by atoms with Gasteiger partial charge in [0.05, 0.1) is 17.3 Å². The van der Waals surface area contributed by atoms with Crippen molar-refractivity contribution in [3.63, 3.8) is 0 Å². The lowest BCUT2D eigenvalue weighted by Gasteiger charge is -2.24. The fourth-order valence-electron chi connectivity index (χ4n) is 3.50. The van der Waals surface area contributed by atoms with Crippen LogP contribution < -0.4 is 0 Å². The van der Waals surface area contributed by atoms with Gasteiger partial charge in [-0.25, -0.2) is 4.98 Å². The molecule has 3 heterocycles. The van der Waals surface area contributed by atoms with E-state index in [1.165, 1.54) is 0 Å². The smallest absolute Gasteiger partial charge is 0.256 e. The summed E-state index contributed by atoms with van der Waals surface area (Å²) in [6, 6.07) is 14.1. The maximum atomic E-state index is 13.0. The van der Waals surface area contributed by atoms with E-state index in [4.69, 9.17) is 0 Å². The van der Waals surface area contributed by atoms with Gasteiger partial charge < -0.3 is 9.30 Å². The summed E-state index contributed by atoms with van der Waals surface area (Å²) in [5.74, 6) is 0.0907. The molecular formula is C22H23N3O. The first-order chi connectivity index (χ1) is 12.8. The number of aromatic nitrogens is 2. The summed E-state index contributed by atoms with van der Waals surface area (Å²) in [5.41, 5.74) is 3.55. The molecule has 1 unspecified atom stereocenters. The number of carbonyl (C=O) groups excluding carboxylic acids is 1. The highest BCUT2D eigenvalue weighted by atomic mass is 16.2. The highest BCUT2D eigenvalue weighted by Crippen LogP contribution is 2.22. The van der Waals surface area contributed by atoms with Gasteiger partial charge in [0.15, 0.2) is 0 Å². The second kappa shape index (κ2) is 7.16. The molecule has 0 radical (unpaired) electrons. The van der Waals surface area contributed by atoms with Crippen LogP contribution in [0, 0.1) is 0 Å². The van der Waals surface area contributed by atoms with Crippen molar-refractivity contribution in [3.05, 3.63) is 72.6 Å². The number of benzene rings is 1. The van der Waals surface area contributed by atoms with E-state index in [0.717, 1.165) is 36.2 Å². The summed E-state index contributed by atoms with van der Waals surface area (Å²) in [6.45, 7) is 2.88. The third-order valence-electron chi connectivity index (χ3n) is 4.94. The molecule has 132 valence electrons. The zero-order chi connectivity index (χ0) is 17.9. The Bertz CT molecular complexity index is 942. The molecule has 1 aliphatic heterocycles. The minimum absolute atomic E-state index is 0.0907. The van der Waals surface area contributed by atoms with E-state index in [9.17, 15) is 4.79 Å². The van der Waals surface area contributed by atoms with E-state index in [1.54, 1.807) is 0 Å². The number of hydrogen-bond acceptors (Lipinski definition) is 2. The van der Waals surface area contributed by atoms with Gasteiger partial charge in [0.25, 0.3) is 5.91 Å². The van der Waals surface area contributed by atoms with Crippen LogP contribution >= 0.6 is 0 Å². The summed E-state index contributed by atoms with van der Waals surface area (Å²) in [4.78, 5) is 19.6. The zero-order valence-corrected chi connectivity index (χ0v) is 15.0. The quantitative estimate of drug-likeness (QED) is 0.635. The number of imidazole rings is 1. The van der Waals surface area contributed by atoms with Crippen LogP contribution in [0.5, 0.6) is 0 Å². The molecule has 1 amide bonds. The number of pyridine rings is 1. The SMILES string of the molecule is CCCCC1C=CCN1C(=O)c1ccc2nc(-c3ccccc3)cn2c1. The largest absolute Gasteiger partial charge is 0.328 e. The lowest BCUT2D eigenvalue weighted by atomic mass is 10.1. The predicted octanol–water partition coefficient (Wildman–Crippen LogP) is 4.57. The minimum Gasteiger partial charge on any atom is -0.328 e.